The molecular weight excluding hydrogens is 428 g/mol. The maximum Gasteiger partial charge on any atom is 0.306 e. The Bertz CT molecular complexity index is 1080. The van der Waals surface area contributed by atoms with E-state index in [0.29, 0.717) is 28.4 Å². The fourth-order valence-corrected chi connectivity index (χ4v) is 3.39. The fraction of sp³-hybridized carbons (Fsp3) is 0.333. The van der Waals surface area contributed by atoms with Gasteiger partial charge in [-0.3, -0.25) is 24.1 Å². The van der Waals surface area contributed by atoms with Crippen LogP contribution in [0, 0.1) is 6.92 Å². The first kappa shape index (κ1) is 23.8. The molecule has 0 unspecified atom stereocenters. The number of benzene rings is 2. The summed E-state index contributed by atoms with van der Waals surface area (Å²) in [5.41, 5.74) is 2.05. The normalized spacial score (nSPS) is 12.5. The number of nitrogens with zero attached hydrogens (tertiary/aromatic N) is 1. The number of methoxy groups -OCH3 is 1. The molecule has 2 aromatic carbocycles. The lowest BCUT2D eigenvalue weighted by Crippen LogP contribution is -2.43. The number of nitrogens with one attached hydrogen (secondary N) is 1. The van der Waals surface area contributed by atoms with Crippen LogP contribution in [0.25, 0.3) is 0 Å². The average Bonchev–Trinajstić information content (AvgIpc) is 2.79. The first-order valence-corrected chi connectivity index (χ1v) is 10.5. The first-order chi connectivity index (χ1) is 15.8. The van der Waals surface area contributed by atoms with Gasteiger partial charge in [-0.1, -0.05) is 6.07 Å². The van der Waals surface area contributed by atoms with Crippen LogP contribution in [0.3, 0.4) is 0 Å². The van der Waals surface area contributed by atoms with Gasteiger partial charge in [0.25, 0.3) is 5.91 Å². The predicted octanol–water partition coefficient (Wildman–Crippen LogP) is 2.89. The van der Waals surface area contributed by atoms with Gasteiger partial charge in [0.1, 0.15) is 18.0 Å². The fourth-order valence-electron chi connectivity index (χ4n) is 3.39. The molecule has 0 fully saturated rings. The summed E-state index contributed by atoms with van der Waals surface area (Å²) in [6.07, 6.45) is -0.0658. The molecule has 1 aliphatic heterocycles. The van der Waals surface area contributed by atoms with Crippen LogP contribution in [-0.4, -0.2) is 50.4 Å². The van der Waals surface area contributed by atoms with Crippen molar-refractivity contribution in [1.29, 1.82) is 0 Å². The molecule has 33 heavy (non-hydrogen) atoms. The zero-order valence-electron chi connectivity index (χ0n) is 18.8. The third-order valence-corrected chi connectivity index (χ3v) is 5.02. The van der Waals surface area contributed by atoms with E-state index in [1.54, 1.807) is 31.2 Å². The monoisotopic (exact) mass is 454 g/mol. The molecular formula is C24H26N2O7. The van der Waals surface area contributed by atoms with Crippen LogP contribution < -0.4 is 19.7 Å². The number of hydrogen-bond donors (Lipinski definition) is 1. The Kier molecular flexibility index (Phi) is 7.66. The minimum Gasteiger partial charge on any atom is -0.495 e. The van der Waals surface area contributed by atoms with Gasteiger partial charge in [-0.05, 0) is 49.7 Å². The average molecular weight is 454 g/mol. The summed E-state index contributed by atoms with van der Waals surface area (Å²) in [6.45, 7) is 3.34. The quantitative estimate of drug-likeness (QED) is 0.458. The molecule has 0 atom stereocenters. The third kappa shape index (κ3) is 5.88. The van der Waals surface area contributed by atoms with Crippen LogP contribution in [0.15, 0.2) is 36.4 Å². The zero-order chi connectivity index (χ0) is 24.0. The Hall–Kier alpha value is -3.88. The number of aryl methyl sites for hydroxylation is 1. The van der Waals surface area contributed by atoms with Crippen molar-refractivity contribution < 1.29 is 33.4 Å². The largest absolute Gasteiger partial charge is 0.495 e. The molecule has 174 valence electrons. The molecule has 1 N–H and O–H groups in total. The van der Waals surface area contributed by atoms with Crippen LogP contribution in [0.5, 0.6) is 11.5 Å². The molecule has 0 bridgehead atoms. The molecule has 0 spiro atoms. The number of ether oxygens (including phenoxy) is 3. The number of carbonyl (C=O) groups excluding carboxylic acids is 4. The van der Waals surface area contributed by atoms with Crippen LogP contribution >= 0.6 is 0 Å². The van der Waals surface area contributed by atoms with Gasteiger partial charge in [-0.25, -0.2) is 0 Å². The van der Waals surface area contributed by atoms with Gasteiger partial charge in [0, 0.05) is 12.0 Å². The van der Waals surface area contributed by atoms with Crippen molar-refractivity contribution in [3.05, 3.63) is 47.5 Å². The molecule has 2 amide bonds. The maximum absolute atomic E-state index is 12.8. The lowest BCUT2D eigenvalue weighted by Gasteiger charge is -2.29. The number of esters is 1. The lowest BCUT2D eigenvalue weighted by atomic mass is 10.0. The highest BCUT2D eigenvalue weighted by Crippen LogP contribution is 2.33. The molecule has 0 saturated heterocycles. The number of amides is 2. The molecule has 0 radical (unpaired) electrons. The van der Waals surface area contributed by atoms with E-state index >= 15 is 0 Å². The van der Waals surface area contributed by atoms with E-state index in [9.17, 15) is 19.2 Å². The highest BCUT2D eigenvalue weighted by atomic mass is 16.5. The highest BCUT2D eigenvalue weighted by molar-refractivity contribution is 6.07. The Morgan fingerprint density at radius 2 is 1.91 bits per heavy atom. The summed E-state index contributed by atoms with van der Waals surface area (Å²) in [7, 11) is 1.50. The van der Waals surface area contributed by atoms with E-state index in [4.69, 9.17) is 14.2 Å². The van der Waals surface area contributed by atoms with Gasteiger partial charge in [-0.2, -0.15) is 0 Å². The molecule has 3 rings (SSSR count). The molecule has 1 aliphatic rings. The van der Waals surface area contributed by atoms with Crippen molar-refractivity contribution >= 4 is 34.9 Å². The van der Waals surface area contributed by atoms with Gasteiger partial charge in [-0.15, -0.1) is 0 Å². The SMILES string of the molecule is CCOC(=O)CCC(=O)c1ccc2c(c1)N(CC(=O)Nc1cc(C)ccc1OC)C(=O)CO2. The standard InChI is InChI=1S/C24H26N2O7/c1-4-32-24(30)10-7-19(27)16-6-9-21-18(12-16)26(23(29)14-33-21)13-22(28)25-17-11-15(2)5-8-20(17)31-3/h5-6,8-9,11-12H,4,7,10,13-14H2,1-3H3,(H,25,28). The van der Waals surface area contributed by atoms with Crippen molar-refractivity contribution in [2.45, 2.75) is 26.7 Å². The zero-order valence-corrected chi connectivity index (χ0v) is 18.8. The highest BCUT2D eigenvalue weighted by Gasteiger charge is 2.28. The Morgan fingerprint density at radius 3 is 2.64 bits per heavy atom. The van der Waals surface area contributed by atoms with E-state index in [1.165, 1.54) is 18.1 Å². The first-order valence-electron chi connectivity index (χ1n) is 10.5. The molecule has 9 nitrogen and oxygen atoms in total. The number of rotatable bonds is 9. The Balaban J connectivity index is 1.76. The molecule has 9 heteroatoms. The second-order valence-corrected chi connectivity index (χ2v) is 7.43. The Labute approximate surface area is 191 Å². The minimum atomic E-state index is -0.452. The number of anilines is 2. The topological polar surface area (TPSA) is 111 Å². The van der Waals surface area contributed by atoms with Gasteiger partial charge in [0.15, 0.2) is 12.4 Å². The molecule has 0 aromatic heterocycles. The van der Waals surface area contributed by atoms with Crippen molar-refractivity contribution in [1.82, 2.24) is 0 Å². The number of carbonyl (C=O) groups is 4. The van der Waals surface area contributed by atoms with Crippen LogP contribution in [-0.2, 0) is 19.1 Å². The summed E-state index contributed by atoms with van der Waals surface area (Å²) in [4.78, 5) is 50.7. The third-order valence-electron chi connectivity index (χ3n) is 5.02. The van der Waals surface area contributed by atoms with Crippen LogP contribution in [0.1, 0.15) is 35.7 Å². The van der Waals surface area contributed by atoms with Crippen molar-refractivity contribution in [3.63, 3.8) is 0 Å². The van der Waals surface area contributed by atoms with Crippen LogP contribution in [0.4, 0.5) is 11.4 Å². The van der Waals surface area contributed by atoms with Crippen molar-refractivity contribution in [2.24, 2.45) is 0 Å². The lowest BCUT2D eigenvalue weighted by molar-refractivity contribution is -0.143. The summed E-state index contributed by atoms with van der Waals surface area (Å²) in [5, 5.41) is 2.77. The summed E-state index contributed by atoms with van der Waals surface area (Å²) in [6, 6.07) is 10.0. The van der Waals surface area contributed by atoms with E-state index in [0.717, 1.165) is 5.56 Å². The predicted molar refractivity (Wildman–Crippen MR) is 121 cm³/mol. The molecule has 2 aromatic rings. The van der Waals surface area contributed by atoms with Crippen LogP contribution in [0.2, 0.25) is 0 Å². The number of fused-ring (bicyclic) bond motifs is 1. The van der Waals surface area contributed by atoms with Gasteiger partial charge in [0.2, 0.25) is 5.91 Å². The van der Waals surface area contributed by atoms with E-state index in [-0.39, 0.29) is 38.4 Å². The second-order valence-electron chi connectivity index (χ2n) is 7.43. The van der Waals surface area contributed by atoms with E-state index < -0.39 is 17.8 Å². The minimum absolute atomic E-state index is 0.0277. The Morgan fingerprint density at radius 1 is 1.12 bits per heavy atom. The van der Waals surface area contributed by atoms with Gasteiger partial charge < -0.3 is 19.5 Å². The molecule has 0 aliphatic carbocycles. The summed E-state index contributed by atoms with van der Waals surface area (Å²) >= 11 is 0. The number of Topliss-reactive ketones (excluding diaryl/α,β-unsaturated/α-hetero) is 1. The number of hydrogen-bond acceptors (Lipinski definition) is 7. The van der Waals surface area contributed by atoms with E-state index in [2.05, 4.69) is 5.32 Å². The van der Waals surface area contributed by atoms with Gasteiger partial charge in [0.05, 0.1) is 31.5 Å². The molecule has 0 saturated carbocycles. The summed E-state index contributed by atoms with van der Waals surface area (Å²) in [5.74, 6) is -0.691. The van der Waals surface area contributed by atoms with E-state index in [1.807, 2.05) is 13.0 Å². The van der Waals surface area contributed by atoms with Crippen molar-refractivity contribution in [3.8, 4) is 11.5 Å². The smallest absolute Gasteiger partial charge is 0.306 e. The summed E-state index contributed by atoms with van der Waals surface area (Å²) < 4.78 is 15.6. The maximum atomic E-state index is 12.8. The number of ketones is 1. The van der Waals surface area contributed by atoms with Gasteiger partial charge >= 0.3 is 5.97 Å². The molecule has 1 heterocycles. The van der Waals surface area contributed by atoms with Crippen molar-refractivity contribution in [2.75, 3.05) is 37.1 Å². The second kappa shape index (κ2) is 10.6.